The van der Waals surface area contributed by atoms with Crippen LogP contribution in [0.25, 0.3) is 0 Å². The minimum absolute atomic E-state index is 0.156. The van der Waals surface area contributed by atoms with Crippen LogP contribution in [-0.2, 0) is 10.0 Å². The van der Waals surface area contributed by atoms with Crippen LogP contribution in [0.5, 0.6) is 0 Å². The molecule has 0 radical (unpaired) electrons. The molecule has 0 unspecified atom stereocenters. The fourth-order valence-corrected chi connectivity index (χ4v) is 3.93. The van der Waals surface area contributed by atoms with Crippen LogP contribution in [0.3, 0.4) is 0 Å². The number of nitro groups is 1. The lowest BCUT2D eigenvalue weighted by Gasteiger charge is -2.05. The van der Waals surface area contributed by atoms with E-state index in [1.807, 2.05) is 0 Å². The first-order valence-electron chi connectivity index (χ1n) is 5.30. The molecule has 0 fully saturated rings. The Bertz CT molecular complexity index is 757. The van der Waals surface area contributed by atoms with Gasteiger partial charge in [-0.1, -0.05) is 11.3 Å². The molecule has 0 aliphatic carbocycles. The topological polar surface area (TPSA) is 144 Å². The van der Waals surface area contributed by atoms with Gasteiger partial charge in [-0.25, -0.2) is 8.42 Å². The van der Waals surface area contributed by atoms with Crippen molar-refractivity contribution in [1.82, 2.24) is 10.2 Å². The standard InChI is InChI=1S/C9H11N5O4S2/c1-4-8(5(2)12-11-4)13-20(17,18)7-3-6(14(15)16)9(10)19-7/h3,13H,10H2,1-2H3,(H,11,12). The Labute approximate surface area is 118 Å². The minimum atomic E-state index is -3.94. The largest absolute Gasteiger partial charge is 0.385 e. The Morgan fingerprint density at radius 1 is 1.50 bits per heavy atom. The molecule has 9 nitrogen and oxygen atoms in total. The zero-order valence-electron chi connectivity index (χ0n) is 10.5. The van der Waals surface area contributed by atoms with Crippen molar-refractivity contribution in [3.05, 3.63) is 27.6 Å². The Kier molecular flexibility index (Phi) is 3.39. The highest BCUT2D eigenvalue weighted by atomic mass is 32.2. The van der Waals surface area contributed by atoms with Gasteiger partial charge in [0.1, 0.15) is 4.21 Å². The fourth-order valence-electron chi connectivity index (χ4n) is 1.53. The summed E-state index contributed by atoms with van der Waals surface area (Å²) < 4.78 is 26.5. The Balaban J connectivity index is 2.41. The second-order valence-corrected chi connectivity index (χ2v) is 6.98. The second-order valence-electron chi connectivity index (χ2n) is 3.99. The summed E-state index contributed by atoms with van der Waals surface area (Å²) in [4.78, 5) is 9.97. The molecule has 20 heavy (non-hydrogen) atoms. The van der Waals surface area contributed by atoms with Crippen LogP contribution in [0.4, 0.5) is 16.4 Å². The van der Waals surface area contributed by atoms with Crippen molar-refractivity contribution in [1.29, 1.82) is 0 Å². The van der Waals surface area contributed by atoms with Gasteiger partial charge in [0.05, 0.1) is 22.0 Å². The Morgan fingerprint density at radius 3 is 2.60 bits per heavy atom. The van der Waals surface area contributed by atoms with Gasteiger partial charge in [0.15, 0.2) is 5.00 Å². The highest BCUT2D eigenvalue weighted by Crippen LogP contribution is 2.35. The van der Waals surface area contributed by atoms with Crippen molar-refractivity contribution >= 4 is 37.7 Å². The molecule has 0 amide bonds. The van der Waals surface area contributed by atoms with Crippen molar-refractivity contribution in [3.8, 4) is 0 Å². The van der Waals surface area contributed by atoms with Crippen molar-refractivity contribution in [2.75, 3.05) is 10.5 Å². The average Bonchev–Trinajstić information content (AvgIpc) is 2.87. The van der Waals surface area contributed by atoms with Gasteiger partial charge >= 0.3 is 5.69 Å². The molecule has 4 N–H and O–H groups in total. The molecule has 2 heterocycles. The first-order chi connectivity index (χ1) is 9.22. The second kappa shape index (κ2) is 4.76. The molecule has 2 rings (SSSR count). The molecule has 0 spiro atoms. The summed E-state index contributed by atoms with van der Waals surface area (Å²) in [5.41, 5.74) is 6.36. The molecule has 0 aromatic carbocycles. The number of nitrogen functional groups attached to an aromatic ring is 1. The first-order valence-corrected chi connectivity index (χ1v) is 7.60. The summed E-state index contributed by atoms with van der Waals surface area (Å²) in [6.45, 7) is 3.29. The van der Waals surface area contributed by atoms with Crippen LogP contribution in [0, 0.1) is 24.0 Å². The molecule has 0 saturated heterocycles. The SMILES string of the molecule is Cc1n[nH]c(C)c1NS(=O)(=O)c1cc([N+](=O)[O-])c(N)s1. The molecule has 0 atom stereocenters. The van der Waals surface area contributed by atoms with Gasteiger partial charge in [-0.2, -0.15) is 5.10 Å². The van der Waals surface area contributed by atoms with E-state index in [-0.39, 0.29) is 9.21 Å². The summed E-state index contributed by atoms with van der Waals surface area (Å²) in [6, 6.07) is 0.938. The number of rotatable bonds is 4. The molecule has 2 aromatic heterocycles. The fraction of sp³-hybridized carbons (Fsp3) is 0.222. The molecule has 0 aliphatic heterocycles. The highest BCUT2D eigenvalue weighted by molar-refractivity contribution is 7.94. The van der Waals surface area contributed by atoms with E-state index in [9.17, 15) is 18.5 Å². The highest BCUT2D eigenvalue weighted by Gasteiger charge is 2.26. The Hall–Kier alpha value is -2.14. The van der Waals surface area contributed by atoms with Crippen LogP contribution in [0.1, 0.15) is 11.4 Å². The number of anilines is 2. The summed E-state index contributed by atoms with van der Waals surface area (Å²) in [5.74, 6) is 0. The predicted molar refractivity (Wildman–Crippen MR) is 74.3 cm³/mol. The Morgan fingerprint density at radius 2 is 2.15 bits per heavy atom. The molecule has 2 aromatic rings. The predicted octanol–water partition coefficient (Wildman–Crippen LogP) is 1.38. The quantitative estimate of drug-likeness (QED) is 0.574. The van der Waals surface area contributed by atoms with E-state index >= 15 is 0 Å². The van der Waals surface area contributed by atoms with Gasteiger partial charge in [0.25, 0.3) is 10.0 Å². The number of H-pyrrole nitrogens is 1. The van der Waals surface area contributed by atoms with E-state index in [1.54, 1.807) is 13.8 Å². The van der Waals surface area contributed by atoms with Crippen molar-refractivity contribution in [3.63, 3.8) is 0 Å². The van der Waals surface area contributed by atoms with Gasteiger partial charge < -0.3 is 5.73 Å². The number of aromatic nitrogens is 2. The average molecular weight is 317 g/mol. The lowest BCUT2D eigenvalue weighted by atomic mass is 10.3. The van der Waals surface area contributed by atoms with E-state index in [2.05, 4.69) is 14.9 Å². The number of aromatic amines is 1. The zero-order valence-corrected chi connectivity index (χ0v) is 12.1. The van der Waals surface area contributed by atoms with Crippen molar-refractivity contribution in [2.24, 2.45) is 0 Å². The van der Waals surface area contributed by atoms with E-state index in [0.717, 1.165) is 6.07 Å². The van der Waals surface area contributed by atoms with Gasteiger partial charge in [-0.3, -0.25) is 19.9 Å². The third-order valence-electron chi connectivity index (χ3n) is 2.54. The molecule has 108 valence electrons. The van der Waals surface area contributed by atoms with Crippen LogP contribution in [0.15, 0.2) is 10.3 Å². The van der Waals surface area contributed by atoms with E-state index in [1.165, 1.54) is 0 Å². The summed E-state index contributed by atoms with van der Waals surface area (Å²) in [5, 5.41) is 17.0. The molecule has 0 bridgehead atoms. The zero-order chi connectivity index (χ0) is 15.1. The number of nitrogens with zero attached hydrogens (tertiary/aromatic N) is 2. The normalized spacial score (nSPS) is 11.5. The smallest absolute Gasteiger partial charge is 0.304 e. The maximum absolute atomic E-state index is 12.2. The van der Waals surface area contributed by atoms with Gasteiger partial charge in [0, 0.05) is 6.07 Å². The van der Waals surface area contributed by atoms with Gasteiger partial charge in [-0.15, -0.1) is 0 Å². The van der Waals surface area contributed by atoms with Crippen molar-refractivity contribution < 1.29 is 13.3 Å². The van der Waals surface area contributed by atoms with E-state index in [4.69, 9.17) is 5.73 Å². The minimum Gasteiger partial charge on any atom is -0.385 e. The maximum atomic E-state index is 12.2. The van der Waals surface area contributed by atoms with Crippen LogP contribution >= 0.6 is 11.3 Å². The number of hydrogen-bond acceptors (Lipinski definition) is 7. The number of sulfonamides is 1. The third kappa shape index (κ3) is 2.44. The summed E-state index contributed by atoms with van der Waals surface area (Å²) >= 11 is 0.638. The number of nitrogens with one attached hydrogen (secondary N) is 2. The van der Waals surface area contributed by atoms with E-state index < -0.39 is 20.6 Å². The molecule has 11 heteroatoms. The lowest BCUT2D eigenvalue weighted by molar-refractivity contribution is -0.383. The third-order valence-corrected chi connectivity index (χ3v) is 5.32. The lowest BCUT2D eigenvalue weighted by Crippen LogP contribution is -2.12. The van der Waals surface area contributed by atoms with Crippen LogP contribution in [0.2, 0.25) is 0 Å². The van der Waals surface area contributed by atoms with Crippen molar-refractivity contribution in [2.45, 2.75) is 18.1 Å². The van der Waals surface area contributed by atoms with Crippen LogP contribution in [-0.4, -0.2) is 23.5 Å². The molecular formula is C9H11N5O4S2. The first kappa shape index (κ1) is 14.3. The molecule has 0 aliphatic rings. The number of aryl methyl sites for hydroxylation is 2. The van der Waals surface area contributed by atoms with Gasteiger partial charge in [0.2, 0.25) is 0 Å². The number of thiophene rings is 1. The molecular weight excluding hydrogens is 306 g/mol. The number of hydrogen-bond donors (Lipinski definition) is 3. The monoisotopic (exact) mass is 317 g/mol. The van der Waals surface area contributed by atoms with Gasteiger partial charge in [-0.05, 0) is 13.8 Å². The summed E-state index contributed by atoms with van der Waals surface area (Å²) in [7, 11) is -3.94. The number of nitrogens with two attached hydrogens (primary N) is 1. The van der Waals surface area contributed by atoms with Crippen LogP contribution < -0.4 is 10.5 Å². The van der Waals surface area contributed by atoms with E-state index in [0.29, 0.717) is 28.4 Å². The molecule has 0 saturated carbocycles. The summed E-state index contributed by atoms with van der Waals surface area (Å²) in [6.07, 6.45) is 0. The maximum Gasteiger partial charge on any atom is 0.304 e.